The van der Waals surface area contributed by atoms with Crippen LogP contribution in [0.2, 0.25) is 0 Å². The molecule has 1 rings (SSSR count). The van der Waals surface area contributed by atoms with Crippen LogP contribution in [0.4, 0.5) is 0 Å². The SMILES string of the molecule is CPNCCCc1ccccc1OCCO. The summed E-state index contributed by atoms with van der Waals surface area (Å²) >= 11 is 0. The van der Waals surface area contributed by atoms with Gasteiger partial charge in [-0.2, -0.15) is 0 Å². The Morgan fingerprint density at radius 1 is 1.38 bits per heavy atom. The summed E-state index contributed by atoms with van der Waals surface area (Å²) in [6, 6.07) is 8.03. The lowest BCUT2D eigenvalue weighted by Gasteiger charge is -2.10. The first kappa shape index (κ1) is 13.4. The lowest BCUT2D eigenvalue weighted by Crippen LogP contribution is -2.06. The van der Waals surface area contributed by atoms with E-state index in [1.807, 2.05) is 18.2 Å². The Morgan fingerprint density at radius 3 is 2.94 bits per heavy atom. The predicted octanol–water partition coefficient (Wildman–Crippen LogP) is 1.80. The quantitative estimate of drug-likeness (QED) is 0.538. The van der Waals surface area contributed by atoms with Gasteiger partial charge in [0.2, 0.25) is 0 Å². The highest BCUT2D eigenvalue weighted by Gasteiger charge is 2.01. The van der Waals surface area contributed by atoms with E-state index in [0.29, 0.717) is 6.61 Å². The molecule has 0 bridgehead atoms. The van der Waals surface area contributed by atoms with Gasteiger partial charge in [0.05, 0.1) is 6.61 Å². The van der Waals surface area contributed by atoms with Gasteiger partial charge in [-0.3, -0.25) is 5.09 Å². The van der Waals surface area contributed by atoms with Crippen LogP contribution < -0.4 is 9.82 Å². The summed E-state index contributed by atoms with van der Waals surface area (Å²) in [4.78, 5) is 0. The van der Waals surface area contributed by atoms with E-state index in [1.165, 1.54) is 5.56 Å². The van der Waals surface area contributed by atoms with E-state index in [2.05, 4.69) is 17.8 Å². The van der Waals surface area contributed by atoms with Crippen molar-refractivity contribution < 1.29 is 9.84 Å². The van der Waals surface area contributed by atoms with Crippen molar-refractivity contribution in [2.45, 2.75) is 12.8 Å². The molecule has 0 spiro atoms. The van der Waals surface area contributed by atoms with Gasteiger partial charge in [-0.1, -0.05) is 26.9 Å². The molecule has 0 aliphatic rings. The van der Waals surface area contributed by atoms with Crippen LogP contribution in [0.5, 0.6) is 5.75 Å². The van der Waals surface area contributed by atoms with Gasteiger partial charge in [0.15, 0.2) is 0 Å². The molecule has 0 heterocycles. The topological polar surface area (TPSA) is 41.5 Å². The fraction of sp³-hybridized carbons (Fsp3) is 0.500. The number of nitrogens with one attached hydrogen (secondary N) is 1. The van der Waals surface area contributed by atoms with Crippen molar-refractivity contribution >= 4 is 8.73 Å². The van der Waals surface area contributed by atoms with Gasteiger partial charge >= 0.3 is 0 Å². The third-order valence-electron chi connectivity index (χ3n) is 2.25. The summed E-state index contributed by atoms with van der Waals surface area (Å²) in [5, 5.41) is 12.1. The number of para-hydroxylation sites is 1. The van der Waals surface area contributed by atoms with Gasteiger partial charge < -0.3 is 9.84 Å². The number of aliphatic hydroxyl groups is 1. The monoisotopic (exact) mass is 241 g/mol. The lowest BCUT2D eigenvalue weighted by atomic mass is 10.1. The Balaban J connectivity index is 2.43. The highest BCUT2D eigenvalue weighted by atomic mass is 31.1. The summed E-state index contributed by atoms with van der Waals surface area (Å²) in [5.41, 5.74) is 1.22. The molecule has 0 saturated heterocycles. The molecule has 0 amide bonds. The number of aliphatic hydroxyl groups excluding tert-OH is 1. The number of benzene rings is 1. The second-order valence-corrected chi connectivity index (χ2v) is 4.31. The van der Waals surface area contributed by atoms with Gasteiger partial charge in [0.1, 0.15) is 12.4 Å². The molecule has 1 aromatic rings. The predicted molar refractivity (Wildman–Crippen MR) is 69.6 cm³/mol. The Kier molecular flexibility index (Phi) is 7.15. The van der Waals surface area contributed by atoms with Gasteiger partial charge in [0, 0.05) is 0 Å². The van der Waals surface area contributed by atoms with Crippen molar-refractivity contribution in [1.29, 1.82) is 0 Å². The van der Waals surface area contributed by atoms with Crippen molar-refractivity contribution in [2.75, 3.05) is 26.4 Å². The third kappa shape index (κ3) is 4.93. The highest BCUT2D eigenvalue weighted by molar-refractivity contribution is 7.34. The summed E-state index contributed by atoms with van der Waals surface area (Å²) in [7, 11) is 0.809. The molecule has 0 aliphatic carbocycles. The first-order chi connectivity index (χ1) is 7.88. The van der Waals surface area contributed by atoms with E-state index in [9.17, 15) is 0 Å². The molecule has 0 aromatic heterocycles. The summed E-state index contributed by atoms with van der Waals surface area (Å²) < 4.78 is 5.47. The first-order valence-electron chi connectivity index (χ1n) is 5.59. The maximum absolute atomic E-state index is 8.73. The van der Waals surface area contributed by atoms with E-state index in [-0.39, 0.29) is 6.61 Å². The average molecular weight is 241 g/mol. The van der Waals surface area contributed by atoms with Crippen LogP contribution in [0.1, 0.15) is 12.0 Å². The van der Waals surface area contributed by atoms with E-state index in [4.69, 9.17) is 9.84 Å². The van der Waals surface area contributed by atoms with Crippen molar-refractivity contribution in [2.24, 2.45) is 0 Å². The molecule has 1 aromatic carbocycles. The van der Waals surface area contributed by atoms with E-state index in [1.54, 1.807) is 0 Å². The zero-order chi connectivity index (χ0) is 11.6. The Morgan fingerprint density at radius 2 is 2.19 bits per heavy atom. The molecule has 0 fully saturated rings. The number of aryl methyl sites for hydroxylation is 1. The molecule has 0 radical (unpaired) electrons. The Bertz CT molecular complexity index is 294. The minimum Gasteiger partial charge on any atom is -0.491 e. The average Bonchev–Trinajstić information content (AvgIpc) is 2.33. The van der Waals surface area contributed by atoms with Crippen LogP contribution in [0.15, 0.2) is 24.3 Å². The molecule has 3 nitrogen and oxygen atoms in total. The largest absolute Gasteiger partial charge is 0.491 e. The van der Waals surface area contributed by atoms with Crippen molar-refractivity contribution in [1.82, 2.24) is 5.09 Å². The smallest absolute Gasteiger partial charge is 0.122 e. The van der Waals surface area contributed by atoms with E-state index in [0.717, 1.165) is 33.9 Å². The van der Waals surface area contributed by atoms with Crippen LogP contribution in [0, 0.1) is 0 Å². The van der Waals surface area contributed by atoms with Gasteiger partial charge in [-0.25, -0.2) is 0 Å². The molecule has 16 heavy (non-hydrogen) atoms. The fourth-order valence-electron chi connectivity index (χ4n) is 1.50. The van der Waals surface area contributed by atoms with Crippen LogP contribution >= 0.6 is 8.73 Å². The number of rotatable bonds is 8. The molecule has 4 heteroatoms. The molecule has 1 unspecified atom stereocenters. The van der Waals surface area contributed by atoms with Gasteiger partial charge in [0.25, 0.3) is 0 Å². The summed E-state index contributed by atoms with van der Waals surface area (Å²) in [6.45, 7) is 3.61. The van der Waals surface area contributed by atoms with Crippen molar-refractivity contribution in [3.05, 3.63) is 29.8 Å². The van der Waals surface area contributed by atoms with Crippen molar-refractivity contribution in [3.8, 4) is 5.75 Å². The highest BCUT2D eigenvalue weighted by Crippen LogP contribution is 2.19. The molecule has 90 valence electrons. The molecular formula is C12H20NO2P. The summed E-state index contributed by atoms with van der Waals surface area (Å²) in [6.07, 6.45) is 2.12. The molecule has 2 N–H and O–H groups in total. The molecule has 1 atom stereocenters. The molecule has 0 aliphatic heterocycles. The van der Waals surface area contributed by atoms with Crippen LogP contribution in [0.25, 0.3) is 0 Å². The number of hydrogen-bond donors (Lipinski definition) is 2. The lowest BCUT2D eigenvalue weighted by molar-refractivity contribution is 0.200. The second kappa shape index (κ2) is 8.51. The van der Waals surface area contributed by atoms with Gasteiger partial charge in [-0.15, -0.1) is 0 Å². The maximum Gasteiger partial charge on any atom is 0.122 e. The standard InChI is InChI=1S/C12H20NO2P/c1-16-13-8-4-6-11-5-2-3-7-12(11)15-10-9-14/h2-3,5,7,13-14,16H,4,6,8-10H2,1H3. The fourth-order valence-corrected chi connectivity index (χ4v) is 1.93. The number of ether oxygens (including phenoxy) is 1. The minimum atomic E-state index is 0.0623. The molecular weight excluding hydrogens is 221 g/mol. The second-order valence-electron chi connectivity index (χ2n) is 3.46. The van der Waals surface area contributed by atoms with Crippen LogP contribution in [0.3, 0.4) is 0 Å². The first-order valence-corrected chi connectivity index (χ1v) is 7.09. The summed E-state index contributed by atoms with van der Waals surface area (Å²) in [5.74, 6) is 0.899. The zero-order valence-electron chi connectivity index (χ0n) is 9.70. The van der Waals surface area contributed by atoms with Crippen LogP contribution in [-0.2, 0) is 6.42 Å². The van der Waals surface area contributed by atoms with E-state index < -0.39 is 0 Å². The normalized spacial score (nSPS) is 11.1. The third-order valence-corrected chi connectivity index (χ3v) is 2.85. The van der Waals surface area contributed by atoms with Gasteiger partial charge in [-0.05, 0) is 37.7 Å². The Hall–Kier alpha value is -0.630. The minimum absolute atomic E-state index is 0.0623. The van der Waals surface area contributed by atoms with Crippen LogP contribution in [-0.4, -0.2) is 31.5 Å². The number of hydrogen-bond acceptors (Lipinski definition) is 3. The zero-order valence-corrected chi connectivity index (χ0v) is 10.7. The molecule has 0 saturated carbocycles. The Labute approximate surface area is 99.0 Å². The van der Waals surface area contributed by atoms with E-state index >= 15 is 0 Å². The van der Waals surface area contributed by atoms with Crippen molar-refractivity contribution in [3.63, 3.8) is 0 Å². The maximum atomic E-state index is 8.73.